The normalized spacial score (nSPS) is 10.5. The van der Waals surface area contributed by atoms with Crippen LogP contribution in [0.2, 0.25) is 0 Å². The third-order valence-electron chi connectivity index (χ3n) is 4.34. The molecule has 162 valence electrons. The van der Waals surface area contributed by atoms with Crippen LogP contribution < -0.4 is 9.61 Å². The second-order valence-electron chi connectivity index (χ2n) is 6.40. The lowest BCUT2D eigenvalue weighted by atomic mass is 10.1. The molecule has 0 spiro atoms. The second-order valence-corrected chi connectivity index (χ2v) is 7.40. The van der Waals surface area contributed by atoms with E-state index in [1.54, 1.807) is 42.7 Å². The van der Waals surface area contributed by atoms with Gasteiger partial charge in [-0.05, 0) is 49.8 Å². The second kappa shape index (κ2) is 10.6. The van der Waals surface area contributed by atoms with Crippen molar-refractivity contribution in [2.75, 3.05) is 19.8 Å². The topological polar surface area (TPSA) is 83.8 Å². The van der Waals surface area contributed by atoms with Crippen molar-refractivity contribution in [1.82, 2.24) is 4.57 Å². The number of aromatic nitrogens is 1. The summed E-state index contributed by atoms with van der Waals surface area (Å²) in [6.45, 7) is 4.41. The molecule has 2 aromatic carbocycles. The van der Waals surface area contributed by atoms with E-state index in [0.29, 0.717) is 24.5 Å². The molecule has 0 aliphatic carbocycles. The molecule has 0 N–H and O–H groups in total. The molecular weight excluding hydrogens is 418 g/mol. The first-order valence-corrected chi connectivity index (χ1v) is 10.7. The van der Waals surface area contributed by atoms with Crippen molar-refractivity contribution in [1.29, 1.82) is 0 Å². The molecule has 0 saturated heterocycles. The largest absolute Gasteiger partial charge is 0.492 e. The van der Waals surface area contributed by atoms with Crippen LogP contribution in [0.4, 0.5) is 0 Å². The van der Waals surface area contributed by atoms with E-state index in [-0.39, 0.29) is 23.7 Å². The van der Waals surface area contributed by atoms with Gasteiger partial charge in [0.1, 0.15) is 17.9 Å². The predicted octanol–water partition coefficient (Wildman–Crippen LogP) is 3.65. The van der Waals surface area contributed by atoms with Crippen LogP contribution in [0.5, 0.6) is 5.75 Å². The quantitative estimate of drug-likeness (QED) is 0.218. The maximum Gasteiger partial charge on any atom is 0.345 e. The van der Waals surface area contributed by atoms with Crippen LogP contribution in [0, 0.1) is 0 Å². The summed E-state index contributed by atoms with van der Waals surface area (Å²) in [6, 6.07) is 14.6. The number of esters is 2. The van der Waals surface area contributed by atoms with E-state index in [9.17, 15) is 14.4 Å². The van der Waals surface area contributed by atoms with Crippen LogP contribution in [0.3, 0.4) is 0 Å². The number of carbonyl (C=O) groups is 2. The monoisotopic (exact) mass is 441 g/mol. The van der Waals surface area contributed by atoms with Crippen LogP contribution in [0.15, 0.2) is 58.9 Å². The molecule has 0 atom stereocenters. The Bertz CT molecular complexity index is 1120. The number of thiazole rings is 1. The Morgan fingerprint density at radius 3 is 2.26 bits per heavy atom. The highest BCUT2D eigenvalue weighted by Gasteiger charge is 2.20. The molecule has 1 aromatic heterocycles. The number of hydrogen-bond acceptors (Lipinski definition) is 7. The van der Waals surface area contributed by atoms with Gasteiger partial charge >= 0.3 is 16.8 Å². The number of benzene rings is 2. The lowest BCUT2D eigenvalue weighted by molar-refractivity contribution is -0.146. The minimum Gasteiger partial charge on any atom is -0.492 e. The molecule has 3 aromatic rings. The molecule has 0 aliphatic heterocycles. The van der Waals surface area contributed by atoms with E-state index in [1.807, 2.05) is 24.3 Å². The molecule has 7 nitrogen and oxygen atoms in total. The first-order valence-electron chi connectivity index (χ1n) is 9.90. The zero-order valence-corrected chi connectivity index (χ0v) is 18.1. The molecule has 0 amide bonds. The summed E-state index contributed by atoms with van der Waals surface area (Å²) < 4.78 is 18.3. The number of fused-ring (bicyclic) bond motifs is 1. The van der Waals surface area contributed by atoms with Crippen LogP contribution in [-0.4, -0.2) is 36.3 Å². The molecule has 0 radical (unpaired) electrons. The van der Waals surface area contributed by atoms with Gasteiger partial charge in [-0.3, -0.25) is 9.36 Å². The van der Waals surface area contributed by atoms with E-state index in [1.165, 1.54) is 17.4 Å². The maximum atomic E-state index is 12.2. The number of para-hydroxylation sites is 1. The van der Waals surface area contributed by atoms with Gasteiger partial charge in [-0.25, -0.2) is 9.59 Å². The molecule has 8 heteroatoms. The molecule has 0 saturated carbocycles. The first kappa shape index (κ1) is 22.3. The zero-order valence-electron chi connectivity index (χ0n) is 17.3. The molecule has 3 rings (SSSR count). The van der Waals surface area contributed by atoms with Crippen LogP contribution in [0.1, 0.15) is 19.4 Å². The van der Waals surface area contributed by atoms with Gasteiger partial charge in [-0.1, -0.05) is 35.6 Å². The maximum absolute atomic E-state index is 12.2. The van der Waals surface area contributed by atoms with Gasteiger partial charge in [0, 0.05) is 0 Å². The minimum atomic E-state index is -0.727. The summed E-state index contributed by atoms with van der Waals surface area (Å²) in [6.07, 6.45) is 1.43. The number of ether oxygens (including phenoxy) is 3. The summed E-state index contributed by atoms with van der Waals surface area (Å²) in [7, 11) is 0. The van der Waals surface area contributed by atoms with Crippen molar-refractivity contribution in [2.45, 2.75) is 20.4 Å². The van der Waals surface area contributed by atoms with Gasteiger partial charge in [-0.2, -0.15) is 0 Å². The van der Waals surface area contributed by atoms with E-state index < -0.39 is 11.9 Å². The Labute approximate surface area is 183 Å². The third kappa shape index (κ3) is 5.61. The highest BCUT2D eigenvalue weighted by Crippen LogP contribution is 2.18. The smallest absolute Gasteiger partial charge is 0.345 e. The van der Waals surface area contributed by atoms with E-state index in [0.717, 1.165) is 10.2 Å². The van der Waals surface area contributed by atoms with Crippen molar-refractivity contribution in [3.05, 3.63) is 69.3 Å². The van der Waals surface area contributed by atoms with Gasteiger partial charge in [-0.15, -0.1) is 0 Å². The number of hydrogen-bond donors (Lipinski definition) is 0. The molecule has 1 heterocycles. The predicted molar refractivity (Wildman–Crippen MR) is 119 cm³/mol. The van der Waals surface area contributed by atoms with Crippen LogP contribution in [0.25, 0.3) is 16.3 Å². The van der Waals surface area contributed by atoms with Gasteiger partial charge in [0.05, 0.1) is 30.0 Å². The zero-order chi connectivity index (χ0) is 22.2. The fourth-order valence-corrected chi connectivity index (χ4v) is 3.84. The Kier molecular flexibility index (Phi) is 7.61. The summed E-state index contributed by atoms with van der Waals surface area (Å²) in [4.78, 5) is 36.3. The fourth-order valence-electron chi connectivity index (χ4n) is 2.93. The number of carbonyl (C=O) groups excluding carboxylic acids is 2. The Balaban J connectivity index is 1.66. The summed E-state index contributed by atoms with van der Waals surface area (Å²) in [5.74, 6) is -0.844. The highest BCUT2D eigenvalue weighted by molar-refractivity contribution is 7.16. The molecule has 0 bridgehead atoms. The molecule has 0 unspecified atom stereocenters. The van der Waals surface area contributed by atoms with Crippen molar-refractivity contribution in [3.63, 3.8) is 0 Å². The highest BCUT2D eigenvalue weighted by atomic mass is 32.1. The molecular formula is C23H23NO6S. The lowest BCUT2D eigenvalue weighted by Crippen LogP contribution is -2.18. The lowest BCUT2D eigenvalue weighted by Gasteiger charge is -2.09. The van der Waals surface area contributed by atoms with E-state index in [2.05, 4.69) is 0 Å². The number of nitrogens with zero attached hydrogens (tertiary/aromatic N) is 1. The van der Waals surface area contributed by atoms with Gasteiger partial charge < -0.3 is 14.2 Å². The fraction of sp³-hybridized carbons (Fsp3) is 0.261. The van der Waals surface area contributed by atoms with Crippen molar-refractivity contribution >= 4 is 39.6 Å². The Morgan fingerprint density at radius 2 is 1.61 bits per heavy atom. The minimum absolute atomic E-state index is 0.0178. The molecule has 31 heavy (non-hydrogen) atoms. The Morgan fingerprint density at radius 1 is 0.968 bits per heavy atom. The van der Waals surface area contributed by atoms with E-state index in [4.69, 9.17) is 14.2 Å². The summed E-state index contributed by atoms with van der Waals surface area (Å²) in [5.41, 5.74) is 1.36. The van der Waals surface area contributed by atoms with Crippen molar-refractivity contribution in [3.8, 4) is 5.75 Å². The average Bonchev–Trinajstić information content (AvgIpc) is 3.08. The number of rotatable bonds is 9. The summed E-state index contributed by atoms with van der Waals surface area (Å²) >= 11 is 1.21. The standard InChI is InChI=1S/C23H23NO6S/c1-3-28-21(25)18(22(26)29-4-2)15-16-9-11-17(12-10-16)30-14-13-24-19-7-5-6-8-20(19)31-23(24)27/h5-12,15H,3-4,13-14H2,1-2H3. The molecule has 0 fully saturated rings. The van der Waals surface area contributed by atoms with Crippen LogP contribution >= 0.6 is 11.3 Å². The Hall–Kier alpha value is -3.39. The SMILES string of the molecule is CCOC(=O)C(=Cc1ccc(OCCn2c(=O)sc3ccccc32)cc1)C(=O)OCC. The summed E-state index contributed by atoms with van der Waals surface area (Å²) in [5, 5.41) is 0. The van der Waals surface area contributed by atoms with Crippen molar-refractivity contribution in [2.24, 2.45) is 0 Å². The van der Waals surface area contributed by atoms with Crippen LogP contribution in [-0.2, 0) is 25.6 Å². The third-order valence-corrected chi connectivity index (χ3v) is 5.30. The van der Waals surface area contributed by atoms with Gasteiger partial charge in [0.25, 0.3) is 0 Å². The van der Waals surface area contributed by atoms with Crippen molar-refractivity contribution < 1.29 is 23.8 Å². The average molecular weight is 442 g/mol. The molecule has 0 aliphatic rings. The first-order chi connectivity index (χ1) is 15.0. The van der Waals surface area contributed by atoms with E-state index >= 15 is 0 Å². The van der Waals surface area contributed by atoms with Gasteiger partial charge in [0.2, 0.25) is 0 Å². The van der Waals surface area contributed by atoms with Gasteiger partial charge in [0.15, 0.2) is 0 Å².